The lowest BCUT2D eigenvalue weighted by Crippen LogP contribution is -2.22. The number of amides is 1. The van der Waals surface area contributed by atoms with Crippen LogP contribution in [0.5, 0.6) is 5.75 Å². The normalized spacial score (nSPS) is 9.87. The summed E-state index contributed by atoms with van der Waals surface area (Å²) in [6.45, 7) is 2.06. The number of ether oxygens (including phenoxy) is 1. The molecule has 0 radical (unpaired) electrons. The first kappa shape index (κ1) is 11.6. The van der Waals surface area contributed by atoms with Crippen LogP contribution in [0.1, 0.15) is 22.8 Å². The topological polar surface area (TPSA) is 29.5 Å². The Balaban J connectivity index is 3.17. The average molecular weight is 207 g/mol. The van der Waals surface area contributed by atoms with Gasteiger partial charge in [0.25, 0.3) is 5.91 Å². The van der Waals surface area contributed by atoms with Gasteiger partial charge in [-0.1, -0.05) is 13.0 Å². The van der Waals surface area contributed by atoms with Gasteiger partial charge in [0.05, 0.1) is 12.7 Å². The van der Waals surface area contributed by atoms with Crippen molar-refractivity contribution in [2.24, 2.45) is 0 Å². The SMILES string of the molecule is CCc1ccc(OC)c(C(=O)N(C)C)c1. The highest BCUT2D eigenvalue weighted by atomic mass is 16.5. The molecule has 0 saturated heterocycles. The summed E-state index contributed by atoms with van der Waals surface area (Å²) < 4.78 is 5.17. The summed E-state index contributed by atoms with van der Waals surface area (Å²) >= 11 is 0. The molecule has 0 N–H and O–H groups in total. The predicted octanol–water partition coefficient (Wildman–Crippen LogP) is 1.96. The number of hydrogen-bond donors (Lipinski definition) is 0. The maximum atomic E-state index is 11.8. The van der Waals surface area contributed by atoms with Crippen molar-refractivity contribution in [1.82, 2.24) is 4.90 Å². The molecule has 0 heterocycles. The minimum atomic E-state index is -0.0258. The summed E-state index contributed by atoms with van der Waals surface area (Å²) in [4.78, 5) is 13.4. The molecule has 0 aliphatic rings. The second kappa shape index (κ2) is 4.82. The van der Waals surface area contributed by atoms with E-state index >= 15 is 0 Å². The number of aryl methyl sites for hydroxylation is 1. The van der Waals surface area contributed by atoms with Crippen LogP contribution in [0.2, 0.25) is 0 Å². The van der Waals surface area contributed by atoms with E-state index in [0.717, 1.165) is 12.0 Å². The highest BCUT2D eigenvalue weighted by molar-refractivity contribution is 5.96. The van der Waals surface area contributed by atoms with Crippen LogP contribution in [-0.2, 0) is 6.42 Å². The summed E-state index contributed by atoms with van der Waals surface area (Å²) in [6, 6.07) is 5.71. The predicted molar refractivity (Wildman–Crippen MR) is 60.4 cm³/mol. The Labute approximate surface area is 90.7 Å². The third-order valence-corrected chi connectivity index (χ3v) is 2.31. The van der Waals surface area contributed by atoms with E-state index in [4.69, 9.17) is 4.74 Å². The van der Waals surface area contributed by atoms with Gasteiger partial charge in [-0.3, -0.25) is 4.79 Å². The minimum Gasteiger partial charge on any atom is -0.496 e. The lowest BCUT2D eigenvalue weighted by molar-refractivity contribution is 0.0824. The Morgan fingerprint density at radius 2 is 2.07 bits per heavy atom. The maximum Gasteiger partial charge on any atom is 0.257 e. The second-order valence-electron chi connectivity index (χ2n) is 3.59. The number of nitrogens with zero attached hydrogens (tertiary/aromatic N) is 1. The van der Waals surface area contributed by atoms with Gasteiger partial charge in [-0.2, -0.15) is 0 Å². The second-order valence-corrected chi connectivity index (χ2v) is 3.59. The van der Waals surface area contributed by atoms with Crippen LogP contribution in [0, 0.1) is 0 Å². The van der Waals surface area contributed by atoms with Crippen molar-refractivity contribution in [3.8, 4) is 5.75 Å². The van der Waals surface area contributed by atoms with Gasteiger partial charge in [-0.15, -0.1) is 0 Å². The van der Waals surface area contributed by atoms with Crippen molar-refractivity contribution in [2.75, 3.05) is 21.2 Å². The van der Waals surface area contributed by atoms with Crippen LogP contribution >= 0.6 is 0 Å². The maximum absolute atomic E-state index is 11.8. The highest BCUT2D eigenvalue weighted by Gasteiger charge is 2.14. The average Bonchev–Trinajstić information content (AvgIpc) is 2.27. The molecule has 0 bridgehead atoms. The molecule has 0 aliphatic heterocycles. The van der Waals surface area contributed by atoms with Crippen LogP contribution in [0.15, 0.2) is 18.2 Å². The molecule has 0 unspecified atom stereocenters. The molecule has 0 atom stereocenters. The van der Waals surface area contributed by atoms with E-state index in [1.165, 1.54) is 0 Å². The van der Waals surface area contributed by atoms with E-state index < -0.39 is 0 Å². The molecular formula is C12H17NO2. The molecule has 0 aromatic heterocycles. The minimum absolute atomic E-state index is 0.0258. The molecule has 0 aliphatic carbocycles. The fraction of sp³-hybridized carbons (Fsp3) is 0.417. The van der Waals surface area contributed by atoms with Crippen molar-refractivity contribution >= 4 is 5.91 Å². The van der Waals surface area contributed by atoms with E-state index in [0.29, 0.717) is 11.3 Å². The summed E-state index contributed by atoms with van der Waals surface area (Å²) in [5, 5.41) is 0. The lowest BCUT2D eigenvalue weighted by atomic mass is 10.1. The Morgan fingerprint density at radius 3 is 2.53 bits per heavy atom. The first-order valence-corrected chi connectivity index (χ1v) is 4.98. The summed E-state index contributed by atoms with van der Waals surface area (Å²) in [7, 11) is 5.05. The van der Waals surface area contributed by atoms with Crippen LogP contribution < -0.4 is 4.74 Å². The zero-order chi connectivity index (χ0) is 11.4. The fourth-order valence-corrected chi connectivity index (χ4v) is 1.38. The summed E-state index contributed by atoms with van der Waals surface area (Å²) in [5.74, 6) is 0.605. The largest absolute Gasteiger partial charge is 0.496 e. The Morgan fingerprint density at radius 1 is 1.40 bits per heavy atom. The van der Waals surface area contributed by atoms with Crippen molar-refractivity contribution in [1.29, 1.82) is 0 Å². The van der Waals surface area contributed by atoms with Gasteiger partial charge < -0.3 is 9.64 Å². The van der Waals surface area contributed by atoms with Gasteiger partial charge >= 0.3 is 0 Å². The molecule has 0 spiro atoms. The number of carbonyl (C=O) groups is 1. The zero-order valence-electron chi connectivity index (χ0n) is 9.70. The molecular weight excluding hydrogens is 190 g/mol. The third kappa shape index (κ3) is 2.49. The molecule has 0 fully saturated rings. The van der Waals surface area contributed by atoms with Gasteiger partial charge in [0.1, 0.15) is 5.75 Å². The molecule has 15 heavy (non-hydrogen) atoms. The fourth-order valence-electron chi connectivity index (χ4n) is 1.38. The third-order valence-electron chi connectivity index (χ3n) is 2.31. The summed E-state index contributed by atoms with van der Waals surface area (Å²) in [5.41, 5.74) is 1.77. The van der Waals surface area contributed by atoms with Gasteiger partial charge in [-0.05, 0) is 24.1 Å². The van der Waals surface area contributed by atoms with E-state index in [9.17, 15) is 4.79 Å². The number of benzene rings is 1. The zero-order valence-corrected chi connectivity index (χ0v) is 9.70. The summed E-state index contributed by atoms with van der Waals surface area (Å²) in [6.07, 6.45) is 0.914. The first-order valence-electron chi connectivity index (χ1n) is 4.98. The Hall–Kier alpha value is -1.51. The molecule has 1 amide bonds. The van der Waals surface area contributed by atoms with Crippen LogP contribution in [0.25, 0.3) is 0 Å². The standard InChI is InChI=1S/C12H17NO2/c1-5-9-6-7-11(15-4)10(8-9)12(14)13(2)3/h6-8H,5H2,1-4H3. The smallest absolute Gasteiger partial charge is 0.257 e. The Bertz CT molecular complexity index is 359. The van der Waals surface area contributed by atoms with Gasteiger partial charge in [0, 0.05) is 14.1 Å². The van der Waals surface area contributed by atoms with Gasteiger partial charge in [0.15, 0.2) is 0 Å². The van der Waals surface area contributed by atoms with E-state index in [-0.39, 0.29) is 5.91 Å². The van der Waals surface area contributed by atoms with E-state index in [2.05, 4.69) is 6.92 Å². The van der Waals surface area contributed by atoms with Crippen molar-refractivity contribution < 1.29 is 9.53 Å². The van der Waals surface area contributed by atoms with E-state index in [1.807, 2.05) is 18.2 Å². The molecule has 3 nitrogen and oxygen atoms in total. The monoisotopic (exact) mass is 207 g/mol. The van der Waals surface area contributed by atoms with Gasteiger partial charge in [-0.25, -0.2) is 0 Å². The number of rotatable bonds is 3. The Kier molecular flexibility index (Phi) is 3.72. The van der Waals surface area contributed by atoms with Gasteiger partial charge in [0.2, 0.25) is 0 Å². The van der Waals surface area contributed by atoms with Crippen LogP contribution in [0.4, 0.5) is 0 Å². The molecule has 1 aromatic rings. The van der Waals surface area contributed by atoms with Crippen molar-refractivity contribution in [3.63, 3.8) is 0 Å². The molecule has 1 rings (SSSR count). The van der Waals surface area contributed by atoms with Crippen LogP contribution in [0.3, 0.4) is 0 Å². The molecule has 82 valence electrons. The lowest BCUT2D eigenvalue weighted by Gasteiger charge is -2.14. The van der Waals surface area contributed by atoms with Crippen molar-refractivity contribution in [2.45, 2.75) is 13.3 Å². The quantitative estimate of drug-likeness (QED) is 0.758. The number of methoxy groups -OCH3 is 1. The first-order chi connectivity index (χ1) is 7.10. The molecule has 0 saturated carbocycles. The number of carbonyl (C=O) groups excluding carboxylic acids is 1. The molecule has 1 aromatic carbocycles. The van der Waals surface area contributed by atoms with E-state index in [1.54, 1.807) is 26.1 Å². The van der Waals surface area contributed by atoms with Crippen molar-refractivity contribution in [3.05, 3.63) is 29.3 Å². The molecule has 3 heteroatoms. The highest BCUT2D eigenvalue weighted by Crippen LogP contribution is 2.21. The number of hydrogen-bond acceptors (Lipinski definition) is 2. The van der Waals surface area contributed by atoms with Crippen LogP contribution in [-0.4, -0.2) is 32.0 Å².